The Bertz CT molecular complexity index is 1340. The maximum Gasteiger partial charge on any atom is 0.243 e. The van der Waals surface area contributed by atoms with E-state index in [1.54, 1.807) is 27.2 Å². The average molecular weight is 505 g/mol. The van der Waals surface area contributed by atoms with Gasteiger partial charge in [0.2, 0.25) is 10.0 Å². The molecule has 1 fully saturated rings. The second-order valence-corrected chi connectivity index (χ2v) is 10.7. The number of fused-ring (bicyclic) bond motifs is 1. The molecule has 0 amide bonds. The van der Waals surface area contributed by atoms with E-state index in [9.17, 15) is 8.42 Å². The van der Waals surface area contributed by atoms with E-state index in [1.807, 2.05) is 14.0 Å². The molecule has 1 N–H and O–H groups in total. The van der Waals surface area contributed by atoms with E-state index >= 15 is 0 Å². The Morgan fingerprint density at radius 2 is 1.88 bits per heavy atom. The zero-order valence-electron chi connectivity index (χ0n) is 20.2. The number of ether oxygens (including phenoxy) is 1. The van der Waals surface area contributed by atoms with Gasteiger partial charge in [0.05, 0.1) is 28.3 Å². The van der Waals surface area contributed by atoms with E-state index in [0.717, 1.165) is 49.2 Å². The van der Waals surface area contributed by atoms with Crippen molar-refractivity contribution in [3.05, 3.63) is 28.5 Å². The second-order valence-electron chi connectivity index (χ2n) is 8.36. The van der Waals surface area contributed by atoms with Crippen LogP contribution >= 0.6 is 12.2 Å². The van der Waals surface area contributed by atoms with Gasteiger partial charge in [-0.15, -0.1) is 0 Å². The summed E-state index contributed by atoms with van der Waals surface area (Å²) in [7, 11) is -1.80. The van der Waals surface area contributed by atoms with Gasteiger partial charge in [-0.1, -0.05) is 32.5 Å². The molecule has 0 radical (unpaired) electrons. The number of likely N-dealkylation sites (N-methyl/N-ethyl adjacent to an activating group) is 1. The molecular weight excluding hydrogens is 472 g/mol. The molecule has 4 rings (SSSR count). The van der Waals surface area contributed by atoms with E-state index in [1.165, 1.54) is 0 Å². The Balaban J connectivity index is 1.82. The molecular formula is C23H32N6O3S2. The molecule has 2 aromatic heterocycles. The summed E-state index contributed by atoms with van der Waals surface area (Å²) in [4.78, 5) is 10.4. The van der Waals surface area contributed by atoms with Crippen molar-refractivity contribution in [1.82, 2.24) is 29.0 Å². The van der Waals surface area contributed by atoms with Gasteiger partial charge >= 0.3 is 0 Å². The number of H-pyrrole nitrogens is 1. The summed E-state index contributed by atoms with van der Waals surface area (Å²) in [5, 5.41) is 4.61. The largest absolute Gasteiger partial charge is 0.493 e. The Kier molecular flexibility index (Phi) is 7.36. The number of rotatable bonds is 8. The second kappa shape index (κ2) is 10.1. The standard InChI is InChI=1S/C23H32N6O3S2/c1-5-8-18-20-21(27(4)26-18)23(33)25-22(24-20)17-15-16(9-10-19(17)32-7-3)34(30,31)29-13-11-28(6-2)12-14-29/h9-10,15H,5-8,11-14H2,1-4H3,(H,24,25,33). The highest BCUT2D eigenvalue weighted by molar-refractivity contribution is 7.89. The molecule has 0 unspecified atom stereocenters. The van der Waals surface area contributed by atoms with Crippen LogP contribution in [0.3, 0.4) is 0 Å². The average Bonchev–Trinajstić information content (AvgIpc) is 3.15. The number of aromatic nitrogens is 4. The summed E-state index contributed by atoms with van der Waals surface area (Å²) in [5.41, 5.74) is 3.06. The van der Waals surface area contributed by atoms with Crippen LogP contribution in [0.15, 0.2) is 23.1 Å². The summed E-state index contributed by atoms with van der Waals surface area (Å²) in [6, 6.07) is 4.95. The molecule has 0 aliphatic carbocycles. The number of benzene rings is 1. The zero-order chi connectivity index (χ0) is 24.5. The number of aryl methyl sites for hydroxylation is 2. The Labute approximate surface area is 205 Å². The fourth-order valence-electron chi connectivity index (χ4n) is 4.37. The maximum absolute atomic E-state index is 13.5. The first-order valence-electron chi connectivity index (χ1n) is 11.8. The highest BCUT2D eigenvalue weighted by Crippen LogP contribution is 2.33. The topological polar surface area (TPSA) is 96.3 Å². The minimum atomic E-state index is -3.65. The molecule has 0 saturated carbocycles. The molecule has 1 aliphatic rings. The fraction of sp³-hybridized carbons (Fsp3) is 0.522. The minimum Gasteiger partial charge on any atom is -0.493 e. The van der Waals surface area contributed by atoms with Gasteiger partial charge in [-0.05, 0) is 38.1 Å². The normalized spacial score (nSPS) is 15.8. The first-order chi connectivity index (χ1) is 16.3. The van der Waals surface area contributed by atoms with Crippen LogP contribution in [0.1, 0.15) is 32.9 Å². The fourth-order valence-corrected chi connectivity index (χ4v) is 6.14. The lowest BCUT2D eigenvalue weighted by molar-refractivity contribution is 0.196. The highest BCUT2D eigenvalue weighted by atomic mass is 32.2. The Morgan fingerprint density at radius 1 is 1.15 bits per heavy atom. The number of nitrogens with zero attached hydrogens (tertiary/aromatic N) is 5. The van der Waals surface area contributed by atoms with Gasteiger partial charge in [0.1, 0.15) is 17.1 Å². The summed E-state index contributed by atoms with van der Waals surface area (Å²) < 4.78 is 36.5. The van der Waals surface area contributed by atoms with Crippen molar-refractivity contribution < 1.29 is 13.2 Å². The van der Waals surface area contributed by atoms with E-state index < -0.39 is 10.0 Å². The van der Waals surface area contributed by atoms with Crippen LogP contribution in [0.2, 0.25) is 0 Å². The Hall–Kier alpha value is -2.34. The third-order valence-corrected chi connectivity index (χ3v) is 8.37. The van der Waals surface area contributed by atoms with Crippen LogP contribution in [-0.2, 0) is 23.5 Å². The molecule has 9 nitrogen and oxygen atoms in total. The van der Waals surface area contributed by atoms with Gasteiger partial charge in [0.25, 0.3) is 0 Å². The van der Waals surface area contributed by atoms with Crippen LogP contribution in [0.25, 0.3) is 22.4 Å². The maximum atomic E-state index is 13.5. The minimum absolute atomic E-state index is 0.220. The van der Waals surface area contributed by atoms with E-state index in [-0.39, 0.29) is 4.90 Å². The number of hydrogen-bond donors (Lipinski definition) is 1. The van der Waals surface area contributed by atoms with Crippen LogP contribution in [-0.4, -0.2) is 76.7 Å². The van der Waals surface area contributed by atoms with Crippen LogP contribution < -0.4 is 4.74 Å². The summed E-state index contributed by atoms with van der Waals surface area (Å²) >= 11 is 5.60. The third kappa shape index (κ3) is 4.61. The lowest BCUT2D eigenvalue weighted by atomic mass is 10.1. The third-order valence-electron chi connectivity index (χ3n) is 6.19. The number of hydrogen-bond acceptors (Lipinski definition) is 7. The quantitative estimate of drug-likeness (QED) is 0.470. The number of sulfonamides is 1. The molecule has 0 bridgehead atoms. The van der Waals surface area contributed by atoms with Crippen molar-refractivity contribution in [2.24, 2.45) is 7.05 Å². The molecule has 0 atom stereocenters. The van der Waals surface area contributed by atoms with E-state index in [2.05, 4.69) is 33.8 Å². The van der Waals surface area contributed by atoms with Gasteiger partial charge in [-0.2, -0.15) is 9.40 Å². The van der Waals surface area contributed by atoms with Gasteiger partial charge in [0, 0.05) is 33.2 Å². The molecule has 34 heavy (non-hydrogen) atoms. The van der Waals surface area contributed by atoms with Gasteiger partial charge in [-0.25, -0.2) is 13.4 Å². The first kappa shape index (κ1) is 24.8. The number of piperazine rings is 1. The summed E-state index contributed by atoms with van der Waals surface area (Å²) in [6.45, 7) is 9.84. The SMILES string of the molecule is CCCc1nn(C)c2c(=S)nc(-c3cc(S(=O)(=O)N4CCN(CC)CC4)ccc3OCC)[nH]c12. The van der Waals surface area contributed by atoms with Crippen molar-refractivity contribution in [2.75, 3.05) is 39.3 Å². The van der Waals surface area contributed by atoms with Crippen molar-refractivity contribution in [1.29, 1.82) is 0 Å². The molecule has 0 spiro atoms. The monoisotopic (exact) mass is 504 g/mol. The van der Waals surface area contributed by atoms with Crippen molar-refractivity contribution in [3.8, 4) is 17.1 Å². The molecule has 3 heterocycles. The van der Waals surface area contributed by atoms with Gasteiger partial charge in [-0.3, -0.25) is 4.68 Å². The van der Waals surface area contributed by atoms with Crippen molar-refractivity contribution in [2.45, 2.75) is 38.5 Å². The van der Waals surface area contributed by atoms with Gasteiger partial charge in [0.15, 0.2) is 4.64 Å². The predicted molar refractivity (Wildman–Crippen MR) is 135 cm³/mol. The molecule has 1 aliphatic heterocycles. The summed E-state index contributed by atoms with van der Waals surface area (Å²) in [6.07, 6.45) is 1.73. The Morgan fingerprint density at radius 3 is 2.53 bits per heavy atom. The lowest BCUT2D eigenvalue weighted by Crippen LogP contribution is -2.48. The van der Waals surface area contributed by atoms with E-state index in [0.29, 0.717) is 41.5 Å². The zero-order valence-corrected chi connectivity index (χ0v) is 21.8. The molecule has 1 aromatic carbocycles. The van der Waals surface area contributed by atoms with E-state index in [4.69, 9.17) is 17.0 Å². The highest BCUT2D eigenvalue weighted by Gasteiger charge is 2.29. The van der Waals surface area contributed by atoms with Crippen LogP contribution in [0.5, 0.6) is 5.75 Å². The smallest absolute Gasteiger partial charge is 0.243 e. The van der Waals surface area contributed by atoms with Crippen LogP contribution in [0, 0.1) is 4.64 Å². The number of nitrogens with one attached hydrogen (secondary N) is 1. The summed E-state index contributed by atoms with van der Waals surface area (Å²) in [5.74, 6) is 1.02. The molecule has 11 heteroatoms. The first-order valence-corrected chi connectivity index (χ1v) is 13.6. The van der Waals surface area contributed by atoms with Crippen molar-refractivity contribution in [3.63, 3.8) is 0 Å². The molecule has 3 aromatic rings. The van der Waals surface area contributed by atoms with Gasteiger partial charge < -0.3 is 14.6 Å². The molecule has 184 valence electrons. The van der Waals surface area contributed by atoms with Crippen molar-refractivity contribution >= 4 is 33.3 Å². The predicted octanol–water partition coefficient (Wildman–Crippen LogP) is 3.37. The molecule has 1 saturated heterocycles. The lowest BCUT2D eigenvalue weighted by Gasteiger charge is -2.33. The number of aromatic amines is 1. The van der Waals surface area contributed by atoms with Crippen LogP contribution in [0.4, 0.5) is 0 Å².